The highest BCUT2D eigenvalue weighted by molar-refractivity contribution is 14.0. The summed E-state index contributed by atoms with van der Waals surface area (Å²) in [7, 11) is 1.69. The molecule has 0 aliphatic carbocycles. The third kappa shape index (κ3) is 12.6. The van der Waals surface area contributed by atoms with Gasteiger partial charge in [-0.05, 0) is 52.7 Å². The standard InChI is InChI=1S/C20H34N4O2.HI/c1-19(2,3)24-17(25)13-23-18(21-7)22-12-15-9-8-10-16(11-15)14-26-20(4,5)6;/h8-11H,12-14H2,1-7H3,(H,24,25)(H2,21,22,23);1H. The van der Waals surface area contributed by atoms with Gasteiger partial charge in [0.05, 0.1) is 18.8 Å². The molecule has 3 N–H and O–H groups in total. The minimum Gasteiger partial charge on any atom is -0.371 e. The number of amides is 1. The highest BCUT2D eigenvalue weighted by Gasteiger charge is 2.14. The molecule has 154 valence electrons. The number of hydrogen-bond acceptors (Lipinski definition) is 3. The van der Waals surface area contributed by atoms with Crippen LogP contribution in [0.4, 0.5) is 0 Å². The van der Waals surface area contributed by atoms with Crippen molar-refractivity contribution >= 4 is 35.8 Å². The molecule has 0 aliphatic rings. The predicted octanol–water partition coefficient (Wildman–Crippen LogP) is 3.20. The molecule has 0 unspecified atom stereocenters. The molecule has 0 atom stereocenters. The fourth-order valence-corrected chi connectivity index (χ4v) is 2.16. The average molecular weight is 490 g/mol. The van der Waals surface area contributed by atoms with Crippen molar-refractivity contribution < 1.29 is 9.53 Å². The molecule has 27 heavy (non-hydrogen) atoms. The highest BCUT2D eigenvalue weighted by Crippen LogP contribution is 2.13. The number of hydrogen-bond donors (Lipinski definition) is 3. The molecule has 0 saturated carbocycles. The summed E-state index contributed by atoms with van der Waals surface area (Å²) in [5.74, 6) is 0.521. The third-order valence-electron chi connectivity index (χ3n) is 3.28. The summed E-state index contributed by atoms with van der Waals surface area (Å²) in [5, 5.41) is 9.15. The topological polar surface area (TPSA) is 74.8 Å². The van der Waals surface area contributed by atoms with Crippen molar-refractivity contribution in [3.63, 3.8) is 0 Å². The van der Waals surface area contributed by atoms with Gasteiger partial charge in [0.1, 0.15) is 0 Å². The van der Waals surface area contributed by atoms with Crippen LogP contribution in [0.1, 0.15) is 52.7 Å². The lowest BCUT2D eigenvalue weighted by Gasteiger charge is -2.21. The Morgan fingerprint density at radius 2 is 1.70 bits per heavy atom. The SMILES string of the molecule is CN=C(NCC(=O)NC(C)(C)C)NCc1cccc(COC(C)(C)C)c1.I. The number of carbonyl (C=O) groups excluding carboxylic acids is 1. The van der Waals surface area contributed by atoms with E-state index in [-0.39, 0.29) is 47.6 Å². The molecule has 1 amide bonds. The number of aliphatic imine (C=N–C) groups is 1. The second kappa shape index (κ2) is 11.5. The average Bonchev–Trinajstić information content (AvgIpc) is 2.51. The van der Waals surface area contributed by atoms with E-state index < -0.39 is 0 Å². The van der Waals surface area contributed by atoms with Crippen molar-refractivity contribution in [1.82, 2.24) is 16.0 Å². The number of nitrogens with one attached hydrogen (secondary N) is 3. The first-order valence-electron chi connectivity index (χ1n) is 8.96. The van der Waals surface area contributed by atoms with Crippen LogP contribution in [-0.2, 0) is 22.7 Å². The molecule has 0 fully saturated rings. The fourth-order valence-electron chi connectivity index (χ4n) is 2.16. The zero-order chi connectivity index (χ0) is 19.8. The third-order valence-corrected chi connectivity index (χ3v) is 3.28. The van der Waals surface area contributed by atoms with Gasteiger partial charge in [-0.3, -0.25) is 9.79 Å². The monoisotopic (exact) mass is 490 g/mol. The van der Waals surface area contributed by atoms with E-state index in [1.807, 2.05) is 53.7 Å². The maximum atomic E-state index is 11.9. The van der Waals surface area contributed by atoms with Crippen molar-refractivity contribution in [1.29, 1.82) is 0 Å². The summed E-state index contributed by atoms with van der Waals surface area (Å²) in [5.41, 5.74) is 1.85. The van der Waals surface area contributed by atoms with Gasteiger partial charge >= 0.3 is 0 Å². The molecular formula is C20H35IN4O2. The van der Waals surface area contributed by atoms with Crippen LogP contribution in [0.3, 0.4) is 0 Å². The molecule has 0 aromatic heterocycles. The van der Waals surface area contributed by atoms with E-state index >= 15 is 0 Å². The molecule has 0 bridgehead atoms. The van der Waals surface area contributed by atoms with Crippen LogP contribution in [0.5, 0.6) is 0 Å². The number of rotatable bonds is 6. The molecule has 0 saturated heterocycles. The Kier molecular flexibility index (Phi) is 10.9. The van der Waals surface area contributed by atoms with Crippen LogP contribution in [0.25, 0.3) is 0 Å². The van der Waals surface area contributed by atoms with Crippen molar-refractivity contribution in [2.45, 2.75) is 65.8 Å². The molecule has 0 radical (unpaired) electrons. The van der Waals surface area contributed by atoms with Crippen LogP contribution in [0, 0.1) is 0 Å². The van der Waals surface area contributed by atoms with E-state index in [2.05, 4.69) is 33.1 Å². The largest absolute Gasteiger partial charge is 0.371 e. The van der Waals surface area contributed by atoms with Gasteiger partial charge in [0.25, 0.3) is 0 Å². The maximum Gasteiger partial charge on any atom is 0.239 e. The summed E-state index contributed by atoms with van der Waals surface area (Å²) in [6, 6.07) is 8.23. The first kappa shape index (κ1) is 25.6. The molecule has 0 aliphatic heterocycles. The summed E-state index contributed by atoms with van der Waals surface area (Å²) in [6.07, 6.45) is 0. The zero-order valence-corrected chi connectivity index (χ0v) is 19.9. The maximum absolute atomic E-state index is 11.9. The number of nitrogens with zero attached hydrogens (tertiary/aromatic N) is 1. The minimum atomic E-state index is -0.245. The summed E-state index contributed by atoms with van der Waals surface area (Å²) < 4.78 is 5.82. The van der Waals surface area contributed by atoms with Crippen LogP contribution >= 0.6 is 24.0 Å². The first-order chi connectivity index (χ1) is 12.0. The Bertz CT molecular complexity index is 619. The smallest absolute Gasteiger partial charge is 0.239 e. The van der Waals surface area contributed by atoms with E-state index in [9.17, 15) is 4.79 Å². The summed E-state index contributed by atoms with van der Waals surface area (Å²) in [6.45, 7) is 13.4. The predicted molar refractivity (Wildman–Crippen MR) is 122 cm³/mol. The molecule has 1 rings (SSSR count). The van der Waals surface area contributed by atoms with Gasteiger partial charge < -0.3 is 20.7 Å². The zero-order valence-electron chi connectivity index (χ0n) is 17.6. The minimum absolute atomic E-state index is 0. The van der Waals surface area contributed by atoms with E-state index in [1.54, 1.807) is 7.05 Å². The van der Waals surface area contributed by atoms with Crippen LogP contribution < -0.4 is 16.0 Å². The van der Waals surface area contributed by atoms with Crippen LogP contribution in [-0.4, -0.2) is 36.6 Å². The van der Waals surface area contributed by atoms with E-state index in [0.29, 0.717) is 19.1 Å². The molecule has 6 nitrogen and oxygen atoms in total. The lowest BCUT2D eigenvalue weighted by molar-refractivity contribution is -0.121. The molecule has 0 spiro atoms. The number of guanidine groups is 1. The molecule has 1 aromatic carbocycles. The van der Waals surface area contributed by atoms with Gasteiger partial charge in [-0.2, -0.15) is 0 Å². The Morgan fingerprint density at radius 3 is 2.26 bits per heavy atom. The summed E-state index contributed by atoms with van der Waals surface area (Å²) in [4.78, 5) is 16.0. The van der Waals surface area contributed by atoms with Gasteiger partial charge in [0, 0.05) is 19.1 Å². The van der Waals surface area contributed by atoms with Gasteiger partial charge in [-0.25, -0.2) is 0 Å². The second-order valence-electron chi connectivity index (χ2n) is 8.30. The van der Waals surface area contributed by atoms with Gasteiger partial charge in [0.2, 0.25) is 5.91 Å². The highest BCUT2D eigenvalue weighted by atomic mass is 127. The normalized spacial score (nSPS) is 12.2. The first-order valence-corrected chi connectivity index (χ1v) is 8.96. The Labute approximate surface area is 181 Å². The van der Waals surface area contributed by atoms with E-state index in [1.165, 1.54) is 0 Å². The van der Waals surface area contributed by atoms with Crippen LogP contribution in [0.2, 0.25) is 0 Å². The van der Waals surface area contributed by atoms with Gasteiger partial charge in [-0.1, -0.05) is 24.3 Å². The Morgan fingerprint density at radius 1 is 1.07 bits per heavy atom. The van der Waals surface area contributed by atoms with Crippen molar-refractivity contribution in [2.75, 3.05) is 13.6 Å². The number of carbonyl (C=O) groups is 1. The second-order valence-corrected chi connectivity index (χ2v) is 8.30. The van der Waals surface area contributed by atoms with Gasteiger partial charge in [-0.15, -0.1) is 24.0 Å². The summed E-state index contributed by atoms with van der Waals surface area (Å²) >= 11 is 0. The number of halogens is 1. The molecular weight excluding hydrogens is 455 g/mol. The lowest BCUT2D eigenvalue weighted by atomic mass is 10.1. The lowest BCUT2D eigenvalue weighted by Crippen LogP contribution is -2.48. The van der Waals surface area contributed by atoms with Crippen molar-refractivity contribution in [3.8, 4) is 0 Å². The number of benzene rings is 1. The molecule has 0 heterocycles. The van der Waals surface area contributed by atoms with E-state index in [4.69, 9.17) is 4.74 Å². The quantitative estimate of drug-likeness (QED) is 0.325. The fraction of sp³-hybridized carbons (Fsp3) is 0.600. The number of ether oxygens (including phenoxy) is 1. The van der Waals surface area contributed by atoms with Crippen molar-refractivity contribution in [2.24, 2.45) is 4.99 Å². The van der Waals surface area contributed by atoms with Gasteiger partial charge in [0.15, 0.2) is 5.96 Å². The van der Waals surface area contributed by atoms with Crippen LogP contribution in [0.15, 0.2) is 29.3 Å². The molecule has 1 aromatic rings. The molecule has 7 heteroatoms. The van der Waals surface area contributed by atoms with E-state index in [0.717, 1.165) is 11.1 Å². The Hall–Kier alpha value is -1.35. The van der Waals surface area contributed by atoms with Crippen molar-refractivity contribution in [3.05, 3.63) is 35.4 Å². The Balaban J connectivity index is 0.00000676.